The molecule has 3 heteroatoms. The lowest BCUT2D eigenvalue weighted by atomic mass is 10.3. The highest BCUT2D eigenvalue weighted by Gasteiger charge is 2.02. The van der Waals surface area contributed by atoms with Gasteiger partial charge in [-0.2, -0.15) is 0 Å². The first-order valence-electron chi connectivity index (χ1n) is 5.83. The van der Waals surface area contributed by atoms with Gasteiger partial charge in [-0.15, -0.1) is 11.6 Å². The monoisotopic (exact) mass is 241 g/mol. The molecule has 1 aromatic rings. The molecule has 0 aliphatic carbocycles. The molecule has 0 saturated carbocycles. The first-order valence-corrected chi connectivity index (χ1v) is 6.36. The van der Waals surface area contributed by atoms with Gasteiger partial charge in [-0.1, -0.05) is 25.1 Å². The van der Waals surface area contributed by atoms with E-state index in [-0.39, 0.29) is 0 Å². The van der Waals surface area contributed by atoms with Crippen molar-refractivity contribution in [3.8, 4) is 5.75 Å². The minimum absolute atomic E-state index is 0.686. The van der Waals surface area contributed by atoms with Crippen LogP contribution >= 0.6 is 11.6 Å². The van der Waals surface area contributed by atoms with Crippen LogP contribution in [-0.4, -0.2) is 37.0 Å². The predicted molar refractivity (Wildman–Crippen MR) is 69.4 cm³/mol. The van der Waals surface area contributed by atoms with Gasteiger partial charge in [-0.3, -0.25) is 4.90 Å². The van der Waals surface area contributed by atoms with E-state index in [1.165, 1.54) is 0 Å². The summed E-state index contributed by atoms with van der Waals surface area (Å²) in [5, 5.41) is 0. The molecule has 0 saturated heterocycles. The molecule has 0 amide bonds. The van der Waals surface area contributed by atoms with Gasteiger partial charge in [0.1, 0.15) is 12.4 Å². The topological polar surface area (TPSA) is 12.5 Å². The Morgan fingerprint density at radius 3 is 2.50 bits per heavy atom. The third-order valence-corrected chi connectivity index (χ3v) is 2.53. The van der Waals surface area contributed by atoms with E-state index in [9.17, 15) is 0 Å². The molecule has 0 fully saturated rings. The molecule has 1 aromatic carbocycles. The molecule has 90 valence electrons. The SMILES string of the molecule is CCCN(CCCl)CCOc1ccccc1. The lowest BCUT2D eigenvalue weighted by molar-refractivity contribution is 0.217. The zero-order chi connectivity index (χ0) is 11.6. The number of rotatable bonds is 8. The van der Waals surface area contributed by atoms with Crippen LogP contribution in [0.4, 0.5) is 0 Å². The predicted octanol–water partition coefficient (Wildman–Crippen LogP) is 3.02. The largest absolute Gasteiger partial charge is 0.492 e. The Kier molecular flexibility index (Phi) is 7.02. The fourth-order valence-electron chi connectivity index (χ4n) is 1.58. The standard InChI is InChI=1S/C13H20ClNO/c1-2-9-15(10-8-14)11-12-16-13-6-4-3-5-7-13/h3-7H,2,8-12H2,1H3. The van der Waals surface area contributed by atoms with Crippen molar-refractivity contribution >= 4 is 11.6 Å². The average Bonchev–Trinajstić information content (AvgIpc) is 2.31. The van der Waals surface area contributed by atoms with Crippen molar-refractivity contribution in [2.45, 2.75) is 13.3 Å². The van der Waals surface area contributed by atoms with Crippen molar-refractivity contribution in [2.75, 3.05) is 32.1 Å². The van der Waals surface area contributed by atoms with E-state index in [0.29, 0.717) is 5.88 Å². The second-order valence-corrected chi connectivity index (χ2v) is 4.07. The Morgan fingerprint density at radius 1 is 1.12 bits per heavy atom. The van der Waals surface area contributed by atoms with E-state index >= 15 is 0 Å². The summed E-state index contributed by atoms with van der Waals surface area (Å²) in [4.78, 5) is 2.33. The summed E-state index contributed by atoms with van der Waals surface area (Å²) in [5.41, 5.74) is 0. The molecule has 0 aromatic heterocycles. The van der Waals surface area contributed by atoms with Crippen LogP contribution in [0.25, 0.3) is 0 Å². The van der Waals surface area contributed by atoms with Crippen LogP contribution < -0.4 is 4.74 Å². The maximum atomic E-state index is 5.75. The summed E-state index contributed by atoms with van der Waals surface area (Å²) in [6.45, 7) is 5.87. The van der Waals surface area contributed by atoms with Crippen molar-refractivity contribution in [1.29, 1.82) is 0 Å². The first-order chi connectivity index (χ1) is 7.86. The smallest absolute Gasteiger partial charge is 0.119 e. The Balaban J connectivity index is 2.22. The van der Waals surface area contributed by atoms with Gasteiger partial charge in [0.25, 0.3) is 0 Å². The highest BCUT2D eigenvalue weighted by molar-refractivity contribution is 6.18. The van der Waals surface area contributed by atoms with Crippen LogP contribution in [0.1, 0.15) is 13.3 Å². The van der Waals surface area contributed by atoms with E-state index in [2.05, 4.69) is 11.8 Å². The van der Waals surface area contributed by atoms with E-state index in [4.69, 9.17) is 16.3 Å². The fraction of sp³-hybridized carbons (Fsp3) is 0.538. The molecule has 16 heavy (non-hydrogen) atoms. The Bertz CT molecular complexity index is 260. The van der Waals surface area contributed by atoms with Gasteiger partial charge in [-0.05, 0) is 25.1 Å². The minimum Gasteiger partial charge on any atom is -0.492 e. The van der Waals surface area contributed by atoms with Gasteiger partial charge >= 0.3 is 0 Å². The second kappa shape index (κ2) is 8.43. The van der Waals surface area contributed by atoms with Crippen molar-refractivity contribution in [3.63, 3.8) is 0 Å². The molecule has 0 aliphatic rings. The van der Waals surface area contributed by atoms with Gasteiger partial charge in [0, 0.05) is 19.0 Å². The van der Waals surface area contributed by atoms with Gasteiger partial charge in [0.15, 0.2) is 0 Å². The number of benzene rings is 1. The number of nitrogens with zero attached hydrogens (tertiary/aromatic N) is 1. The number of halogens is 1. The molecule has 0 heterocycles. The van der Waals surface area contributed by atoms with Gasteiger partial charge in [-0.25, -0.2) is 0 Å². The van der Waals surface area contributed by atoms with Crippen LogP contribution in [0.2, 0.25) is 0 Å². The van der Waals surface area contributed by atoms with E-state index < -0.39 is 0 Å². The Labute approximate surface area is 103 Å². The first kappa shape index (κ1) is 13.3. The fourth-order valence-corrected chi connectivity index (χ4v) is 1.82. The molecular formula is C13H20ClNO. The van der Waals surface area contributed by atoms with Crippen molar-refractivity contribution in [3.05, 3.63) is 30.3 Å². The summed E-state index contributed by atoms with van der Waals surface area (Å²) < 4.78 is 5.64. The molecule has 0 aliphatic heterocycles. The van der Waals surface area contributed by atoms with Crippen LogP contribution in [0, 0.1) is 0 Å². The van der Waals surface area contributed by atoms with Gasteiger partial charge in [0.05, 0.1) is 0 Å². The summed E-state index contributed by atoms with van der Waals surface area (Å²) in [6.07, 6.45) is 1.15. The van der Waals surface area contributed by atoms with Crippen LogP contribution in [0.15, 0.2) is 30.3 Å². The Morgan fingerprint density at radius 2 is 1.88 bits per heavy atom. The zero-order valence-electron chi connectivity index (χ0n) is 9.86. The summed E-state index contributed by atoms with van der Waals surface area (Å²) in [6, 6.07) is 9.91. The summed E-state index contributed by atoms with van der Waals surface area (Å²) >= 11 is 5.75. The maximum Gasteiger partial charge on any atom is 0.119 e. The Hall–Kier alpha value is -0.730. The van der Waals surface area contributed by atoms with E-state index in [0.717, 1.165) is 38.4 Å². The van der Waals surface area contributed by atoms with Gasteiger partial charge in [0.2, 0.25) is 0 Å². The molecule has 2 nitrogen and oxygen atoms in total. The lowest BCUT2D eigenvalue weighted by Crippen LogP contribution is -2.31. The number of para-hydroxylation sites is 1. The molecule has 0 unspecified atom stereocenters. The molecule has 0 atom stereocenters. The number of hydrogen-bond acceptors (Lipinski definition) is 2. The van der Waals surface area contributed by atoms with Crippen LogP contribution in [-0.2, 0) is 0 Å². The van der Waals surface area contributed by atoms with Crippen molar-refractivity contribution < 1.29 is 4.74 Å². The van der Waals surface area contributed by atoms with Crippen LogP contribution in [0.5, 0.6) is 5.75 Å². The molecule has 0 radical (unpaired) electrons. The van der Waals surface area contributed by atoms with E-state index in [1.807, 2.05) is 30.3 Å². The number of hydrogen-bond donors (Lipinski definition) is 0. The minimum atomic E-state index is 0.686. The second-order valence-electron chi connectivity index (χ2n) is 3.69. The lowest BCUT2D eigenvalue weighted by Gasteiger charge is -2.20. The third kappa shape index (κ3) is 5.38. The molecule has 1 rings (SSSR count). The normalized spacial score (nSPS) is 10.7. The maximum absolute atomic E-state index is 5.75. The number of alkyl halides is 1. The molecular weight excluding hydrogens is 222 g/mol. The van der Waals surface area contributed by atoms with Gasteiger partial charge < -0.3 is 4.74 Å². The number of ether oxygens (including phenoxy) is 1. The van der Waals surface area contributed by atoms with Crippen molar-refractivity contribution in [1.82, 2.24) is 4.90 Å². The highest BCUT2D eigenvalue weighted by atomic mass is 35.5. The molecule has 0 spiro atoms. The van der Waals surface area contributed by atoms with Crippen LogP contribution in [0.3, 0.4) is 0 Å². The molecule has 0 N–H and O–H groups in total. The third-order valence-electron chi connectivity index (χ3n) is 2.36. The quantitative estimate of drug-likeness (QED) is 0.649. The average molecular weight is 242 g/mol. The van der Waals surface area contributed by atoms with E-state index in [1.54, 1.807) is 0 Å². The summed E-state index contributed by atoms with van der Waals surface area (Å²) in [5.74, 6) is 1.62. The molecule has 0 bridgehead atoms. The summed E-state index contributed by atoms with van der Waals surface area (Å²) in [7, 11) is 0. The highest BCUT2D eigenvalue weighted by Crippen LogP contribution is 2.07. The zero-order valence-corrected chi connectivity index (χ0v) is 10.6. The van der Waals surface area contributed by atoms with Crippen molar-refractivity contribution in [2.24, 2.45) is 0 Å².